The number of carboxylic acid groups (broad SMARTS) is 4. The van der Waals surface area contributed by atoms with E-state index in [1.807, 2.05) is 19.6 Å². The molecule has 5 atom stereocenters. The Morgan fingerprint density at radius 2 is 0.843 bits per heavy atom. The molecule has 32 nitrogen and oxygen atoms in total. The highest BCUT2D eigenvalue weighted by Gasteiger charge is 2.44. The van der Waals surface area contributed by atoms with E-state index >= 15 is 0 Å². The van der Waals surface area contributed by atoms with Gasteiger partial charge in [-0.3, -0.25) is 93.9 Å². The molecule has 0 saturated carbocycles. The van der Waals surface area contributed by atoms with E-state index < -0.39 is 47.8 Å². The van der Waals surface area contributed by atoms with Crippen LogP contribution in [-0.2, 0) is 61.2 Å². The average Bonchev–Trinajstić information content (AvgIpc) is 4.06. The molecular weight excluding hydrogens is 1190 g/mol. The second-order valence-electron chi connectivity index (χ2n) is 22.7. The quantitative estimate of drug-likeness (QED) is 0.0221. The number of nitrogens with zero attached hydrogens (tertiary/aromatic N) is 9. The van der Waals surface area contributed by atoms with Crippen molar-refractivity contribution in [1.82, 2.24) is 54.7 Å². The third-order valence-corrected chi connectivity index (χ3v) is 17.6. The van der Waals surface area contributed by atoms with Gasteiger partial charge in [0.15, 0.2) is 0 Å². The molecule has 12 N–H and O–H groups in total. The van der Waals surface area contributed by atoms with Gasteiger partial charge in [-0.1, -0.05) is 24.3 Å². The van der Waals surface area contributed by atoms with Crippen LogP contribution in [-0.4, -0.2) is 352 Å². The second kappa shape index (κ2) is 38.8. The number of fused-ring (bicyclic) bond motifs is 1. The highest BCUT2D eigenvalue weighted by molar-refractivity contribution is 8.00. The molecule has 4 aliphatic heterocycles. The Kier molecular flexibility index (Phi) is 31.5. The molecule has 89 heavy (non-hydrogen) atoms. The molecule has 4 heterocycles. The SMILES string of the molecule is O=C(O)CN1CCN(CCOO)CCN(CCOO)CCN(CC(=O)O)C(Cc2ccc(NC(=O)CN(CC(=O)Nc3ccc(CC4CN(CC(=O)O)CCN(CCOO)CCN(CCOO)CCN4CC(=O)O)cc3)CC3SCC4NC(=O)NC43)cc2)C1. The summed E-state index contributed by atoms with van der Waals surface area (Å²) in [6.45, 7) is 5.34. The number of benzene rings is 2. The number of hydrogen-bond acceptors (Lipinski definition) is 25. The van der Waals surface area contributed by atoms with E-state index in [4.69, 9.17) is 21.0 Å². The van der Waals surface area contributed by atoms with E-state index in [1.165, 1.54) is 0 Å². The first kappa shape index (κ1) is 72.3. The number of anilines is 2. The number of carbonyl (C=O) groups is 7. The van der Waals surface area contributed by atoms with Crippen molar-refractivity contribution in [1.29, 1.82) is 0 Å². The first-order valence-corrected chi connectivity index (χ1v) is 30.9. The van der Waals surface area contributed by atoms with Crippen molar-refractivity contribution in [3.63, 3.8) is 0 Å². The topological polar surface area (TPSA) is 396 Å². The molecule has 2 aromatic carbocycles. The van der Waals surface area contributed by atoms with E-state index in [2.05, 4.69) is 40.8 Å². The maximum atomic E-state index is 14.0. The van der Waals surface area contributed by atoms with Crippen molar-refractivity contribution < 1.29 is 94.6 Å². The Hall–Kier alpha value is -5.80. The molecule has 33 heteroatoms. The Bertz CT molecular complexity index is 2370. The molecule has 0 spiro atoms. The van der Waals surface area contributed by atoms with Crippen LogP contribution >= 0.6 is 11.8 Å². The maximum Gasteiger partial charge on any atom is 0.317 e. The van der Waals surface area contributed by atoms with Gasteiger partial charge in [0, 0.05) is 159 Å². The summed E-state index contributed by atoms with van der Waals surface area (Å²) in [5.41, 5.74) is 2.44. The molecule has 2 aromatic rings. The molecule has 0 radical (unpaired) electrons. The summed E-state index contributed by atoms with van der Waals surface area (Å²) in [5, 5.41) is 88.1. The third kappa shape index (κ3) is 26.5. The van der Waals surface area contributed by atoms with Crippen LogP contribution in [0.4, 0.5) is 16.2 Å². The Morgan fingerprint density at radius 1 is 0.494 bits per heavy atom. The monoisotopic (exact) mass is 1280 g/mol. The van der Waals surface area contributed by atoms with E-state index in [9.17, 15) is 54.0 Å². The molecule has 0 aliphatic carbocycles. The van der Waals surface area contributed by atoms with Crippen LogP contribution < -0.4 is 21.3 Å². The molecular formula is C56H89N13O19S. The Morgan fingerprint density at radius 3 is 1.19 bits per heavy atom. The van der Waals surface area contributed by atoms with Gasteiger partial charge in [-0.2, -0.15) is 11.8 Å². The highest BCUT2D eigenvalue weighted by Crippen LogP contribution is 2.31. The van der Waals surface area contributed by atoms with Crippen LogP contribution in [0.5, 0.6) is 0 Å². The summed E-state index contributed by atoms with van der Waals surface area (Å²) in [5.74, 6) is -4.47. The normalized spacial score (nSPS) is 22.4. The second-order valence-corrected chi connectivity index (χ2v) is 24.0. The van der Waals surface area contributed by atoms with Crippen LogP contribution in [0.2, 0.25) is 0 Å². The summed E-state index contributed by atoms with van der Waals surface area (Å²) < 4.78 is 0. The maximum absolute atomic E-state index is 14.0. The van der Waals surface area contributed by atoms with Gasteiger partial charge in [0.2, 0.25) is 11.8 Å². The van der Waals surface area contributed by atoms with Gasteiger partial charge < -0.3 is 41.7 Å². The molecule has 0 bridgehead atoms. The minimum Gasteiger partial charge on any atom is -0.480 e. The Balaban J connectivity index is 1.15. The van der Waals surface area contributed by atoms with Gasteiger partial charge in [-0.15, -0.1) is 0 Å². The zero-order chi connectivity index (χ0) is 64.1. The van der Waals surface area contributed by atoms with Crippen LogP contribution in [0.25, 0.3) is 0 Å². The molecule has 4 saturated heterocycles. The van der Waals surface area contributed by atoms with Crippen LogP contribution in [0.15, 0.2) is 48.5 Å². The molecule has 6 rings (SSSR count). The van der Waals surface area contributed by atoms with E-state index in [-0.39, 0.29) is 122 Å². The minimum atomic E-state index is -1.07. The molecule has 4 fully saturated rings. The summed E-state index contributed by atoms with van der Waals surface area (Å²) in [7, 11) is 0. The fraction of sp³-hybridized carbons (Fsp3) is 0.661. The van der Waals surface area contributed by atoms with Crippen molar-refractivity contribution in [3.05, 3.63) is 59.7 Å². The van der Waals surface area contributed by atoms with Gasteiger partial charge in [0.05, 0.1) is 77.8 Å². The van der Waals surface area contributed by atoms with Crippen LogP contribution in [0.1, 0.15) is 11.1 Å². The van der Waals surface area contributed by atoms with Crippen LogP contribution in [0, 0.1) is 0 Å². The number of nitrogens with one attached hydrogen (secondary N) is 4. The smallest absolute Gasteiger partial charge is 0.317 e. The lowest BCUT2D eigenvalue weighted by Gasteiger charge is -2.38. The van der Waals surface area contributed by atoms with E-state index in [0.29, 0.717) is 122 Å². The fourth-order valence-corrected chi connectivity index (χ4v) is 13.2. The molecule has 4 amide bonds. The van der Waals surface area contributed by atoms with Crippen molar-refractivity contribution in [2.75, 3.05) is 206 Å². The minimum absolute atomic E-state index is 0.0155. The molecule has 5 unspecified atom stereocenters. The number of amides is 4. The zero-order valence-electron chi connectivity index (χ0n) is 50.1. The van der Waals surface area contributed by atoms with Crippen molar-refractivity contribution in [2.24, 2.45) is 0 Å². The van der Waals surface area contributed by atoms with Gasteiger partial charge in [0.1, 0.15) is 0 Å². The van der Waals surface area contributed by atoms with Crippen molar-refractivity contribution in [3.8, 4) is 0 Å². The third-order valence-electron chi connectivity index (χ3n) is 16.2. The summed E-state index contributed by atoms with van der Waals surface area (Å²) in [6.07, 6.45) is 0.619. The number of urea groups is 1. The van der Waals surface area contributed by atoms with Gasteiger partial charge in [-0.05, 0) is 48.2 Å². The molecule has 4 aliphatic rings. The Labute approximate surface area is 520 Å². The first-order valence-electron chi connectivity index (χ1n) is 29.8. The molecule has 498 valence electrons. The van der Waals surface area contributed by atoms with Crippen molar-refractivity contribution >= 4 is 64.9 Å². The summed E-state index contributed by atoms with van der Waals surface area (Å²) >= 11 is 1.61. The largest absolute Gasteiger partial charge is 0.480 e. The number of carboxylic acids is 4. The van der Waals surface area contributed by atoms with Gasteiger partial charge in [-0.25, -0.2) is 24.3 Å². The average molecular weight is 1280 g/mol. The lowest BCUT2D eigenvalue weighted by atomic mass is 10.0. The predicted octanol–water partition coefficient (Wildman–Crippen LogP) is -1.71. The van der Waals surface area contributed by atoms with E-state index in [0.717, 1.165) is 11.1 Å². The van der Waals surface area contributed by atoms with Gasteiger partial charge in [0.25, 0.3) is 0 Å². The van der Waals surface area contributed by atoms with Crippen LogP contribution in [0.3, 0.4) is 0 Å². The predicted molar refractivity (Wildman–Crippen MR) is 324 cm³/mol. The highest BCUT2D eigenvalue weighted by atomic mass is 32.2. The number of thioether (sulfide) groups is 1. The number of carbonyl (C=O) groups excluding carboxylic acids is 3. The lowest BCUT2D eigenvalue weighted by molar-refractivity contribution is -0.245. The lowest BCUT2D eigenvalue weighted by Crippen LogP contribution is -2.53. The zero-order valence-corrected chi connectivity index (χ0v) is 51.0. The summed E-state index contributed by atoms with van der Waals surface area (Å²) in [4.78, 5) is 124. The van der Waals surface area contributed by atoms with E-state index in [1.54, 1.807) is 84.8 Å². The fourth-order valence-electron chi connectivity index (χ4n) is 11.7. The van der Waals surface area contributed by atoms with Gasteiger partial charge >= 0.3 is 29.9 Å². The van der Waals surface area contributed by atoms with Crippen molar-refractivity contribution in [2.45, 2.75) is 42.3 Å². The molecule has 0 aromatic heterocycles. The number of rotatable bonds is 32. The first-order chi connectivity index (χ1) is 42.9. The number of aliphatic carboxylic acids is 4. The standard InChI is InChI=1S/C56H89N13O19S/c70-49(57-43-5-1-41(2-6-43)29-45-31-65(36-51(72)73)15-13-61(21-25-85-81)9-11-63(23-27-87-83)17-19-68(45)38-53(76)77)34-67(33-48-55-47(40-89-48)59-56(80)60-55)35-50(71)58-44-7-3-42(4-8-44)30-46-32-66(37-52(74)75)16-14-62(22-26-86-82)10-12-64(24-28-88-84)18-20-69(46)39-54(78)79/h1-8,45-48,55,81-84H,9-40H2,(H,57,70)(H,58,71)(H,72,73)(H,74,75)(H,76,77)(H,78,79)(H2,59,60,80). The number of hydrogen-bond donors (Lipinski definition) is 12. The summed E-state index contributed by atoms with van der Waals surface area (Å²) in [6, 6.07) is 12.4.